The molecule has 0 N–H and O–H groups in total. The standard InChI is InChI=1S/C7H13F2/c1-3-6(8)5-7(9)4-2/h6-7H,1,3-5H2,2H3. The number of hydrogen-bond acceptors (Lipinski definition) is 0. The molecule has 0 aromatic heterocycles. The van der Waals surface area contributed by atoms with Crippen LogP contribution < -0.4 is 0 Å². The van der Waals surface area contributed by atoms with Crippen LogP contribution in [0.2, 0.25) is 0 Å². The van der Waals surface area contributed by atoms with Crippen LogP contribution in [0.4, 0.5) is 8.78 Å². The first-order chi connectivity index (χ1) is 4.20. The number of halogens is 2. The zero-order valence-corrected chi connectivity index (χ0v) is 5.74. The largest absolute Gasteiger partial charge is 0.247 e. The predicted molar refractivity (Wildman–Crippen MR) is 34.7 cm³/mol. The van der Waals surface area contributed by atoms with Crippen LogP contribution >= 0.6 is 0 Å². The molecular weight excluding hydrogens is 122 g/mol. The third kappa shape index (κ3) is 4.37. The van der Waals surface area contributed by atoms with E-state index in [9.17, 15) is 8.78 Å². The molecule has 0 heterocycles. The second kappa shape index (κ2) is 4.71. The van der Waals surface area contributed by atoms with Crippen molar-refractivity contribution in [3.05, 3.63) is 6.92 Å². The minimum atomic E-state index is -1.06. The number of hydrogen-bond donors (Lipinski definition) is 0. The van der Waals surface area contributed by atoms with Crippen molar-refractivity contribution in [2.75, 3.05) is 0 Å². The van der Waals surface area contributed by atoms with Crippen molar-refractivity contribution in [1.29, 1.82) is 0 Å². The van der Waals surface area contributed by atoms with Gasteiger partial charge >= 0.3 is 0 Å². The number of alkyl halides is 2. The van der Waals surface area contributed by atoms with Gasteiger partial charge in [-0.05, 0) is 12.8 Å². The Kier molecular flexibility index (Phi) is 4.64. The van der Waals surface area contributed by atoms with E-state index in [2.05, 4.69) is 6.92 Å². The Morgan fingerprint density at radius 3 is 2.22 bits per heavy atom. The minimum Gasteiger partial charge on any atom is -0.247 e. The highest BCUT2D eigenvalue weighted by Gasteiger charge is 2.10. The summed E-state index contributed by atoms with van der Waals surface area (Å²) in [7, 11) is 0. The van der Waals surface area contributed by atoms with Gasteiger partial charge < -0.3 is 0 Å². The van der Waals surface area contributed by atoms with E-state index in [0.29, 0.717) is 6.42 Å². The van der Waals surface area contributed by atoms with Crippen molar-refractivity contribution in [2.45, 2.75) is 38.5 Å². The highest BCUT2D eigenvalue weighted by molar-refractivity contribution is 4.63. The van der Waals surface area contributed by atoms with Gasteiger partial charge in [-0.2, -0.15) is 0 Å². The Hall–Kier alpha value is -0.140. The van der Waals surface area contributed by atoms with Crippen LogP contribution in [0.25, 0.3) is 0 Å². The maximum Gasteiger partial charge on any atom is 0.103 e. The van der Waals surface area contributed by atoms with Crippen LogP contribution in [0.1, 0.15) is 26.2 Å². The summed E-state index contributed by atoms with van der Waals surface area (Å²) in [6.45, 7) is 5.04. The summed E-state index contributed by atoms with van der Waals surface area (Å²) in [5.74, 6) is 0. The van der Waals surface area contributed by atoms with E-state index in [0.717, 1.165) is 0 Å². The van der Waals surface area contributed by atoms with E-state index in [1.54, 1.807) is 6.92 Å². The fourth-order valence-corrected chi connectivity index (χ4v) is 0.562. The smallest absolute Gasteiger partial charge is 0.103 e. The van der Waals surface area contributed by atoms with Crippen molar-refractivity contribution < 1.29 is 8.78 Å². The molecule has 0 aliphatic heterocycles. The maximum absolute atomic E-state index is 12.3. The molecule has 0 rings (SSSR count). The lowest BCUT2D eigenvalue weighted by molar-refractivity contribution is 0.215. The Morgan fingerprint density at radius 2 is 1.89 bits per heavy atom. The van der Waals surface area contributed by atoms with Gasteiger partial charge in [-0.1, -0.05) is 13.8 Å². The molecule has 0 nitrogen and oxygen atoms in total. The Bertz CT molecular complexity index is 55.9. The van der Waals surface area contributed by atoms with E-state index < -0.39 is 12.3 Å². The molecule has 0 bridgehead atoms. The van der Waals surface area contributed by atoms with E-state index in [4.69, 9.17) is 0 Å². The second-order valence-electron chi connectivity index (χ2n) is 2.13. The fraction of sp³-hybridized carbons (Fsp3) is 0.857. The molecular formula is C7H13F2. The van der Waals surface area contributed by atoms with Gasteiger partial charge in [-0.3, -0.25) is 0 Å². The first-order valence-electron chi connectivity index (χ1n) is 3.28. The Morgan fingerprint density at radius 1 is 1.33 bits per heavy atom. The van der Waals surface area contributed by atoms with Gasteiger partial charge in [-0.15, -0.1) is 0 Å². The van der Waals surface area contributed by atoms with Crippen LogP contribution in [-0.2, 0) is 0 Å². The monoisotopic (exact) mass is 135 g/mol. The SMILES string of the molecule is [CH2]CC(F)CC(F)CC. The van der Waals surface area contributed by atoms with E-state index in [1.165, 1.54) is 0 Å². The minimum absolute atomic E-state index is 0.0139. The summed E-state index contributed by atoms with van der Waals surface area (Å²) in [4.78, 5) is 0. The molecule has 0 saturated carbocycles. The molecule has 0 aromatic carbocycles. The average molecular weight is 135 g/mol. The van der Waals surface area contributed by atoms with Crippen molar-refractivity contribution in [3.63, 3.8) is 0 Å². The van der Waals surface area contributed by atoms with Gasteiger partial charge in [0.15, 0.2) is 0 Å². The predicted octanol–water partition coefficient (Wildman–Crippen LogP) is 2.69. The zero-order chi connectivity index (χ0) is 7.28. The van der Waals surface area contributed by atoms with Crippen LogP contribution in [0.3, 0.4) is 0 Å². The molecule has 0 aromatic rings. The third-order valence-corrected chi connectivity index (χ3v) is 1.27. The lowest BCUT2D eigenvalue weighted by Gasteiger charge is -2.06. The molecule has 0 saturated heterocycles. The molecule has 9 heavy (non-hydrogen) atoms. The van der Waals surface area contributed by atoms with Gasteiger partial charge in [0.2, 0.25) is 0 Å². The summed E-state index contributed by atoms with van der Waals surface area (Å²) in [5, 5.41) is 0. The van der Waals surface area contributed by atoms with Gasteiger partial charge in [0.25, 0.3) is 0 Å². The molecule has 0 aliphatic carbocycles. The molecule has 2 heteroatoms. The van der Waals surface area contributed by atoms with E-state index in [-0.39, 0.29) is 12.8 Å². The molecule has 55 valence electrons. The molecule has 0 spiro atoms. The average Bonchev–Trinajstić information content (AvgIpc) is 1.87. The van der Waals surface area contributed by atoms with Crippen molar-refractivity contribution in [1.82, 2.24) is 0 Å². The van der Waals surface area contributed by atoms with Gasteiger partial charge in [0, 0.05) is 6.42 Å². The molecule has 1 radical (unpaired) electrons. The summed E-state index contributed by atoms with van der Waals surface area (Å²) in [6, 6.07) is 0. The molecule has 2 unspecified atom stereocenters. The highest BCUT2D eigenvalue weighted by Crippen LogP contribution is 2.11. The lowest BCUT2D eigenvalue weighted by atomic mass is 10.1. The first-order valence-corrected chi connectivity index (χ1v) is 3.28. The summed E-state index contributed by atoms with van der Waals surface area (Å²) in [6.07, 6.45) is -1.44. The van der Waals surface area contributed by atoms with E-state index >= 15 is 0 Å². The zero-order valence-electron chi connectivity index (χ0n) is 5.74. The first kappa shape index (κ1) is 8.86. The summed E-state index contributed by atoms with van der Waals surface area (Å²) in [5.41, 5.74) is 0. The van der Waals surface area contributed by atoms with Crippen LogP contribution in [0.5, 0.6) is 0 Å². The maximum atomic E-state index is 12.3. The quantitative estimate of drug-likeness (QED) is 0.556. The van der Waals surface area contributed by atoms with Crippen LogP contribution in [0.15, 0.2) is 0 Å². The molecule has 0 aliphatic rings. The van der Waals surface area contributed by atoms with Gasteiger partial charge in [0.1, 0.15) is 12.3 Å². The van der Waals surface area contributed by atoms with Crippen LogP contribution in [0, 0.1) is 6.92 Å². The van der Waals surface area contributed by atoms with Crippen LogP contribution in [-0.4, -0.2) is 12.3 Å². The summed E-state index contributed by atoms with van der Waals surface area (Å²) >= 11 is 0. The van der Waals surface area contributed by atoms with Gasteiger partial charge in [-0.25, -0.2) is 8.78 Å². The fourth-order valence-electron chi connectivity index (χ4n) is 0.562. The van der Waals surface area contributed by atoms with Crippen molar-refractivity contribution in [2.24, 2.45) is 0 Å². The highest BCUT2D eigenvalue weighted by atomic mass is 19.1. The summed E-state index contributed by atoms with van der Waals surface area (Å²) < 4.78 is 24.6. The van der Waals surface area contributed by atoms with Gasteiger partial charge in [0.05, 0.1) is 0 Å². The second-order valence-corrected chi connectivity index (χ2v) is 2.13. The Balaban J connectivity index is 3.22. The molecule has 0 fully saturated rings. The topological polar surface area (TPSA) is 0 Å². The lowest BCUT2D eigenvalue weighted by Crippen LogP contribution is -2.07. The molecule has 2 atom stereocenters. The van der Waals surface area contributed by atoms with Crippen molar-refractivity contribution >= 4 is 0 Å². The normalized spacial score (nSPS) is 17.3. The Labute approximate surface area is 55.3 Å². The van der Waals surface area contributed by atoms with E-state index in [1.807, 2.05) is 0 Å². The third-order valence-electron chi connectivity index (χ3n) is 1.27. The van der Waals surface area contributed by atoms with Crippen molar-refractivity contribution in [3.8, 4) is 0 Å². The molecule has 0 amide bonds. The number of rotatable bonds is 4.